The Balaban J connectivity index is 1.31. The number of phenolic OH excluding ortho intramolecular Hbond substituents is 1. The van der Waals surface area contributed by atoms with Crippen molar-refractivity contribution in [1.29, 1.82) is 0 Å². The maximum Gasteiger partial charge on any atom is 0.393 e. The van der Waals surface area contributed by atoms with Gasteiger partial charge in [-0.3, -0.25) is 4.90 Å². The van der Waals surface area contributed by atoms with E-state index in [4.69, 9.17) is 11.6 Å². The summed E-state index contributed by atoms with van der Waals surface area (Å²) in [6.07, 6.45) is -1.71. The Hall–Kier alpha value is -2.10. The molecule has 1 unspecified atom stereocenters. The third-order valence-corrected chi connectivity index (χ3v) is 7.70. The van der Waals surface area contributed by atoms with Crippen molar-refractivity contribution in [2.45, 2.75) is 32.0 Å². The summed E-state index contributed by atoms with van der Waals surface area (Å²) in [4.78, 5) is 14.0. The van der Waals surface area contributed by atoms with Gasteiger partial charge in [0.2, 0.25) is 0 Å². The predicted octanol–water partition coefficient (Wildman–Crippen LogP) is 5.26. The lowest BCUT2D eigenvalue weighted by Crippen LogP contribution is -2.31. The number of aromatic nitrogens is 2. The third-order valence-electron chi connectivity index (χ3n) is 6.42. The van der Waals surface area contributed by atoms with Crippen LogP contribution in [-0.4, -0.2) is 52.3 Å². The number of benzene rings is 1. The Kier molecular flexibility index (Phi) is 5.46. The highest BCUT2D eigenvalue weighted by atomic mass is 35.5. The van der Waals surface area contributed by atoms with Crippen molar-refractivity contribution in [2.24, 2.45) is 5.41 Å². The van der Waals surface area contributed by atoms with Gasteiger partial charge in [0.15, 0.2) is 0 Å². The minimum absolute atomic E-state index is 0.107. The maximum absolute atomic E-state index is 12.8. The summed E-state index contributed by atoms with van der Waals surface area (Å²) in [5, 5.41) is 11.4. The van der Waals surface area contributed by atoms with E-state index in [1.807, 2.05) is 0 Å². The van der Waals surface area contributed by atoms with Crippen molar-refractivity contribution in [2.75, 3.05) is 31.1 Å². The molecule has 2 fully saturated rings. The molecule has 32 heavy (non-hydrogen) atoms. The molecule has 0 radical (unpaired) electrons. The van der Waals surface area contributed by atoms with E-state index in [1.54, 1.807) is 24.3 Å². The predicted molar refractivity (Wildman–Crippen MR) is 119 cm³/mol. The fraction of sp³-hybridized carbons (Fsp3) is 0.455. The van der Waals surface area contributed by atoms with Gasteiger partial charge in [0.05, 0.1) is 11.8 Å². The molecule has 2 aromatic heterocycles. The number of rotatable bonds is 4. The Morgan fingerprint density at radius 2 is 1.94 bits per heavy atom. The first-order valence-corrected chi connectivity index (χ1v) is 11.6. The first kappa shape index (κ1) is 21.7. The molecule has 5 rings (SSSR count). The van der Waals surface area contributed by atoms with Gasteiger partial charge in [-0.15, -0.1) is 11.3 Å². The van der Waals surface area contributed by atoms with E-state index in [9.17, 15) is 18.3 Å². The molecule has 2 aliphatic rings. The molecule has 0 aliphatic carbocycles. The van der Waals surface area contributed by atoms with Gasteiger partial charge in [0, 0.05) is 47.1 Å². The topological polar surface area (TPSA) is 52.5 Å². The molecule has 0 bridgehead atoms. The number of hydrogen-bond acceptors (Lipinski definition) is 6. The molecule has 10 heteroatoms. The molecule has 0 amide bonds. The van der Waals surface area contributed by atoms with Crippen LogP contribution in [0.1, 0.15) is 23.3 Å². The van der Waals surface area contributed by atoms with Crippen LogP contribution >= 0.6 is 22.9 Å². The SMILES string of the molecule is Oc1ccc(Cl)cc1CN1CCC2(CCN(c3ncnc4sc(CC(F)(F)F)cc34)C2)C1. The lowest BCUT2D eigenvalue weighted by atomic mass is 9.86. The molecule has 5 nitrogen and oxygen atoms in total. The number of halogens is 4. The quantitative estimate of drug-likeness (QED) is 0.550. The minimum Gasteiger partial charge on any atom is -0.508 e. The summed E-state index contributed by atoms with van der Waals surface area (Å²) in [6, 6.07) is 6.69. The minimum atomic E-state index is -4.24. The van der Waals surface area contributed by atoms with Gasteiger partial charge in [0.1, 0.15) is 22.7 Å². The lowest BCUT2D eigenvalue weighted by Gasteiger charge is -2.25. The van der Waals surface area contributed by atoms with Crippen LogP contribution in [0.25, 0.3) is 10.2 Å². The van der Waals surface area contributed by atoms with Crippen molar-refractivity contribution in [3.8, 4) is 5.75 Å². The molecule has 2 saturated heterocycles. The number of aromatic hydroxyl groups is 1. The van der Waals surface area contributed by atoms with Gasteiger partial charge >= 0.3 is 6.18 Å². The molecule has 170 valence electrons. The summed E-state index contributed by atoms with van der Waals surface area (Å²) in [6.45, 7) is 4.07. The fourth-order valence-electron chi connectivity index (χ4n) is 4.96. The Morgan fingerprint density at radius 1 is 1.12 bits per heavy atom. The molecule has 1 N–H and O–H groups in total. The van der Waals surface area contributed by atoms with Crippen LogP contribution in [0, 0.1) is 5.41 Å². The number of likely N-dealkylation sites (tertiary alicyclic amines) is 1. The van der Waals surface area contributed by atoms with E-state index in [0.717, 1.165) is 61.7 Å². The van der Waals surface area contributed by atoms with Crippen LogP contribution in [0.15, 0.2) is 30.6 Å². The molecule has 1 spiro atoms. The number of fused-ring (bicyclic) bond motifs is 1. The highest BCUT2D eigenvalue weighted by Crippen LogP contribution is 2.43. The second-order valence-corrected chi connectivity index (χ2v) is 10.4. The highest BCUT2D eigenvalue weighted by Gasteiger charge is 2.44. The average molecular weight is 483 g/mol. The summed E-state index contributed by atoms with van der Waals surface area (Å²) in [7, 11) is 0. The van der Waals surface area contributed by atoms with Gasteiger partial charge in [-0.1, -0.05) is 11.6 Å². The number of anilines is 1. The number of nitrogens with zero attached hydrogens (tertiary/aromatic N) is 4. The van der Waals surface area contributed by atoms with E-state index in [-0.39, 0.29) is 16.0 Å². The summed E-state index contributed by atoms with van der Waals surface area (Å²) in [5.74, 6) is 0.974. The third kappa shape index (κ3) is 4.38. The van der Waals surface area contributed by atoms with Crippen LogP contribution in [0.4, 0.5) is 19.0 Å². The van der Waals surface area contributed by atoms with Gasteiger partial charge in [0.25, 0.3) is 0 Å². The normalized spacial score (nSPS) is 21.9. The smallest absolute Gasteiger partial charge is 0.393 e. The highest BCUT2D eigenvalue weighted by molar-refractivity contribution is 7.18. The fourth-order valence-corrected chi connectivity index (χ4v) is 6.18. The van der Waals surface area contributed by atoms with Gasteiger partial charge in [-0.25, -0.2) is 9.97 Å². The van der Waals surface area contributed by atoms with Crippen molar-refractivity contribution in [3.63, 3.8) is 0 Å². The monoisotopic (exact) mass is 482 g/mol. The standard InChI is InChI=1S/C22H22ClF3N4OS/c23-15-1-2-18(31)14(7-15)10-29-5-3-21(11-29)4-6-30(12-21)19-17-8-16(9-22(24,25)26)32-20(17)28-13-27-19/h1-2,7-8,13,31H,3-6,9-12H2. The summed E-state index contributed by atoms with van der Waals surface area (Å²) < 4.78 is 38.5. The first-order valence-electron chi connectivity index (χ1n) is 10.4. The molecule has 1 atom stereocenters. The van der Waals surface area contributed by atoms with Crippen LogP contribution in [-0.2, 0) is 13.0 Å². The first-order chi connectivity index (χ1) is 15.2. The summed E-state index contributed by atoms with van der Waals surface area (Å²) >= 11 is 7.17. The number of thiophene rings is 1. The largest absolute Gasteiger partial charge is 0.508 e. The number of alkyl halides is 3. The Bertz CT molecular complexity index is 1150. The van der Waals surface area contributed by atoms with E-state index in [2.05, 4.69) is 19.8 Å². The molecular formula is C22H22ClF3N4OS. The molecule has 1 aromatic carbocycles. The zero-order valence-electron chi connectivity index (χ0n) is 17.2. The van der Waals surface area contributed by atoms with Crippen molar-refractivity contribution in [1.82, 2.24) is 14.9 Å². The molecule has 4 heterocycles. The molecular weight excluding hydrogens is 461 g/mol. The average Bonchev–Trinajstić information content (AvgIpc) is 3.42. The maximum atomic E-state index is 12.8. The van der Waals surface area contributed by atoms with Crippen LogP contribution in [0.3, 0.4) is 0 Å². The van der Waals surface area contributed by atoms with E-state index >= 15 is 0 Å². The second kappa shape index (κ2) is 8.04. The Morgan fingerprint density at radius 3 is 2.75 bits per heavy atom. The number of phenols is 1. The second-order valence-electron chi connectivity index (χ2n) is 8.83. The van der Waals surface area contributed by atoms with Crippen LogP contribution in [0.2, 0.25) is 5.02 Å². The molecule has 3 aromatic rings. The van der Waals surface area contributed by atoms with Crippen molar-refractivity contribution < 1.29 is 18.3 Å². The molecule has 2 aliphatic heterocycles. The van der Waals surface area contributed by atoms with Gasteiger partial charge < -0.3 is 10.0 Å². The van der Waals surface area contributed by atoms with E-state index in [1.165, 1.54) is 6.33 Å². The lowest BCUT2D eigenvalue weighted by molar-refractivity contribution is -0.126. The Labute approximate surface area is 192 Å². The van der Waals surface area contributed by atoms with Crippen LogP contribution in [0.5, 0.6) is 5.75 Å². The van der Waals surface area contributed by atoms with Crippen LogP contribution < -0.4 is 4.90 Å². The van der Waals surface area contributed by atoms with Gasteiger partial charge in [-0.2, -0.15) is 13.2 Å². The van der Waals surface area contributed by atoms with Crippen molar-refractivity contribution >= 4 is 39.0 Å². The van der Waals surface area contributed by atoms with Crippen molar-refractivity contribution in [3.05, 3.63) is 46.1 Å². The van der Waals surface area contributed by atoms with E-state index in [0.29, 0.717) is 21.8 Å². The summed E-state index contributed by atoms with van der Waals surface area (Å²) in [5.41, 5.74) is 0.924. The van der Waals surface area contributed by atoms with E-state index < -0.39 is 12.6 Å². The zero-order valence-corrected chi connectivity index (χ0v) is 18.8. The molecule has 0 saturated carbocycles. The number of hydrogen-bond donors (Lipinski definition) is 1. The zero-order chi connectivity index (χ0) is 22.5. The van der Waals surface area contributed by atoms with Gasteiger partial charge in [-0.05, 0) is 43.7 Å².